The summed E-state index contributed by atoms with van der Waals surface area (Å²) in [4.78, 5) is 17.6. The number of carbonyl (C=O) groups excluding carboxylic acids is 1. The standard InChI is InChI=1S/C18H30N4O2.HI/c1-18(2,24-5)14-21-17(20-13-16(23)22(3)4)19-12-11-15-9-7-6-8-10-15;/h6-10H,11-14H2,1-5H3,(H2,19,20,21);1H. The molecule has 142 valence electrons. The zero-order chi connectivity index (χ0) is 18.0. The van der Waals surface area contributed by atoms with Crippen LogP contribution in [-0.4, -0.2) is 63.2 Å². The fourth-order valence-corrected chi connectivity index (χ4v) is 1.80. The molecule has 1 aromatic rings. The van der Waals surface area contributed by atoms with Gasteiger partial charge in [-0.15, -0.1) is 24.0 Å². The normalized spacial score (nSPS) is 11.5. The van der Waals surface area contributed by atoms with Crippen LogP contribution in [0.5, 0.6) is 0 Å². The second kappa shape index (κ2) is 12.1. The van der Waals surface area contributed by atoms with Crippen LogP contribution in [0.3, 0.4) is 0 Å². The van der Waals surface area contributed by atoms with E-state index in [4.69, 9.17) is 4.74 Å². The Labute approximate surface area is 168 Å². The molecule has 0 fully saturated rings. The van der Waals surface area contributed by atoms with Gasteiger partial charge in [-0.3, -0.25) is 4.79 Å². The Morgan fingerprint density at radius 3 is 2.40 bits per heavy atom. The van der Waals surface area contributed by atoms with Crippen molar-refractivity contribution in [3.63, 3.8) is 0 Å². The molecular weight excluding hydrogens is 431 g/mol. The van der Waals surface area contributed by atoms with E-state index < -0.39 is 0 Å². The highest BCUT2D eigenvalue weighted by atomic mass is 127. The summed E-state index contributed by atoms with van der Waals surface area (Å²) in [6.07, 6.45) is 0.886. The van der Waals surface area contributed by atoms with Gasteiger partial charge in [0, 0.05) is 34.3 Å². The van der Waals surface area contributed by atoms with Gasteiger partial charge in [0.05, 0.1) is 5.60 Å². The van der Waals surface area contributed by atoms with Crippen LogP contribution in [0, 0.1) is 0 Å². The van der Waals surface area contributed by atoms with E-state index in [-0.39, 0.29) is 42.0 Å². The second-order valence-corrected chi connectivity index (χ2v) is 6.43. The van der Waals surface area contributed by atoms with Gasteiger partial charge in [-0.2, -0.15) is 0 Å². The maximum absolute atomic E-state index is 11.7. The molecule has 0 saturated heterocycles. The Morgan fingerprint density at radius 2 is 1.84 bits per heavy atom. The number of nitrogens with zero attached hydrogens (tertiary/aromatic N) is 2. The Kier molecular flexibility index (Phi) is 11.4. The number of ether oxygens (including phenoxy) is 1. The van der Waals surface area contributed by atoms with Gasteiger partial charge in [-0.1, -0.05) is 30.3 Å². The lowest BCUT2D eigenvalue weighted by Crippen LogP contribution is -2.46. The van der Waals surface area contributed by atoms with Gasteiger partial charge >= 0.3 is 0 Å². The molecule has 1 rings (SSSR count). The monoisotopic (exact) mass is 462 g/mol. The number of hydrogen-bond acceptors (Lipinski definition) is 3. The lowest BCUT2D eigenvalue weighted by Gasteiger charge is -2.24. The van der Waals surface area contributed by atoms with E-state index in [1.807, 2.05) is 32.0 Å². The molecule has 0 aromatic heterocycles. The highest BCUT2D eigenvalue weighted by Crippen LogP contribution is 2.04. The minimum Gasteiger partial charge on any atom is -0.377 e. The Balaban J connectivity index is 0.00000576. The molecule has 0 aliphatic rings. The summed E-state index contributed by atoms with van der Waals surface area (Å²) >= 11 is 0. The molecule has 2 N–H and O–H groups in total. The molecule has 0 aliphatic carbocycles. The zero-order valence-electron chi connectivity index (χ0n) is 15.8. The number of nitrogens with one attached hydrogen (secondary N) is 2. The predicted octanol–water partition coefficient (Wildman–Crippen LogP) is 1.90. The first-order valence-corrected chi connectivity index (χ1v) is 8.15. The van der Waals surface area contributed by atoms with E-state index in [1.165, 1.54) is 10.5 Å². The van der Waals surface area contributed by atoms with Gasteiger partial charge in [0.25, 0.3) is 0 Å². The van der Waals surface area contributed by atoms with Crippen LogP contribution in [0.1, 0.15) is 19.4 Å². The molecule has 25 heavy (non-hydrogen) atoms. The van der Waals surface area contributed by atoms with Crippen LogP contribution in [0.15, 0.2) is 35.3 Å². The molecule has 0 atom stereocenters. The predicted molar refractivity (Wildman–Crippen MR) is 114 cm³/mol. The average Bonchev–Trinajstić information content (AvgIpc) is 2.57. The lowest BCUT2D eigenvalue weighted by atomic mass is 10.1. The molecule has 0 unspecified atom stereocenters. The van der Waals surface area contributed by atoms with Crippen molar-refractivity contribution in [3.8, 4) is 0 Å². The first-order chi connectivity index (χ1) is 11.3. The van der Waals surface area contributed by atoms with Gasteiger partial charge in [0.2, 0.25) is 5.91 Å². The van der Waals surface area contributed by atoms with Crippen molar-refractivity contribution in [2.45, 2.75) is 25.9 Å². The zero-order valence-corrected chi connectivity index (χ0v) is 18.2. The minimum atomic E-state index is -0.312. The van der Waals surface area contributed by atoms with Crippen LogP contribution in [0.2, 0.25) is 0 Å². The highest BCUT2D eigenvalue weighted by Gasteiger charge is 2.16. The van der Waals surface area contributed by atoms with Crippen molar-refractivity contribution in [2.75, 3.05) is 40.8 Å². The molecule has 0 saturated carbocycles. The van der Waals surface area contributed by atoms with Crippen molar-refractivity contribution >= 4 is 35.8 Å². The summed E-state index contributed by atoms with van der Waals surface area (Å²) in [5.74, 6) is 0.580. The number of methoxy groups -OCH3 is 1. The highest BCUT2D eigenvalue weighted by molar-refractivity contribution is 14.0. The SMILES string of the molecule is COC(C)(C)CNC(=NCC(=O)N(C)C)NCCc1ccccc1.I. The molecule has 0 heterocycles. The minimum absolute atomic E-state index is 0. The molecule has 0 radical (unpaired) electrons. The van der Waals surface area contributed by atoms with Crippen LogP contribution in [0.25, 0.3) is 0 Å². The summed E-state index contributed by atoms with van der Waals surface area (Å²) in [7, 11) is 5.13. The molecule has 7 heteroatoms. The molecule has 1 aromatic carbocycles. The number of amides is 1. The third-order valence-electron chi connectivity index (χ3n) is 3.65. The number of rotatable bonds is 8. The largest absolute Gasteiger partial charge is 0.377 e. The molecular formula is C18H31IN4O2. The van der Waals surface area contributed by atoms with Crippen molar-refractivity contribution in [1.82, 2.24) is 15.5 Å². The molecule has 1 amide bonds. The van der Waals surface area contributed by atoms with Crippen molar-refractivity contribution in [2.24, 2.45) is 4.99 Å². The van der Waals surface area contributed by atoms with E-state index in [0.29, 0.717) is 12.5 Å². The lowest BCUT2D eigenvalue weighted by molar-refractivity contribution is -0.127. The smallest absolute Gasteiger partial charge is 0.243 e. The van der Waals surface area contributed by atoms with Gasteiger partial charge in [0.15, 0.2) is 5.96 Å². The fourth-order valence-electron chi connectivity index (χ4n) is 1.80. The van der Waals surface area contributed by atoms with Gasteiger partial charge in [-0.05, 0) is 25.8 Å². The summed E-state index contributed by atoms with van der Waals surface area (Å²) in [6, 6.07) is 10.2. The maximum Gasteiger partial charge on any atom is 0.243 e. The number of hydrogen-bond donors (Lipinski definition) is 2. The summed E-state index contributed by atoms with van der Waals surface area (Å²) in [6.45, 7) is 5.43. The third-order valence-corrected chi connectivity index (χ3v) is 3.65. The van der Waals surface area contributed by atoms with Crippen LogP contribution >= 0.6 is 24.0 Å². The molecule has 6 nitrogen and oxygen atoms in total. The maximum atomic E-state index is 11.7. The number of halogens is 1. The van der Waals surface area contributed by atoms with Crippen LogP contribution in [-0.2, 0) is 16.0 Å². The Bertz CT molecular complexity index is 533. The topological polar surface area (TPSA) is 66.0 Å². The summed E-state index contributed by atoms with van der Waals surface area (Å²) in [5.41, 5.74) is 0.943. The molecule has 0 aliphatic heterocycles. The quantitative estimate of drug-likeness (QED) is 0.352. The third kappa shape index (κ3) is 10.3. The van der Waals surface area contributed by atoms with Crippen molar-refractivity contribution < 1.29 is 9.53 Å². The van der Waals surface area contributed by atoms with Crippen molar-refractivity contribution in [3.05, 3.63) is 35.9 Å². The van der Waals surface area contributed by atoms with Gasteiger partial charge in [-0.25, -0.2) is 4.99 Å². The fraction of sp³-hybridized carbons (Fsp3) is 0.556. The molecule has 0 bridgehead atoms. The van der Waals surface area contributed by atoms with E-state index >= 15 is 0 Å². The first kappa shape index (κ1) is 23.6. The number of carbonyl (C=O) groups is 1. The number of benzene rings is 1. The number of guanidine groups is 1. The second-order valence-electron chi connectivity index (χ2n) is 6.43. The number of likely N-dealkylation sites (N-methyl/N-ethyl adjacent to an activating group) is 1. The average molecular weight is 462 g/mol. The first-order valence-electron chi connectivity index (χ1n) is 8.15. The Morgan fingerprint density at radius 1 is 1.20 bits per heavy atom. The summed E-state index contributed by atoms with van der Waals surface area (Å²) in [5, 5.41) is 6.51. The van der Waals surface area contributed by atoms with Gasteiger partial charge in [0.1, 0.15) is 6.54 Å². The van der Waals surface area contributed by atoms with E-state index in [1.54, 1.807) is 21.2 Å². The van der Waals surface area contributed by atoms with Crippen molar-refractivity contribution in [1.29, 1.82) is 0 Å². The summed E-state index contributed by atoms with van der Waals surface area (Å²) < 4.78 is 5.41. The van der Waals surface area contributed by atoms with E-state index in [2.05, 4.69) is 27.8 Å². The van der Waals surface area contributed by atoms with Gasteiger partial charge < -0.3 is 20.3 Å². The van der Waals surface area contributed by atoms with Crippen LogP contribution in [0.4, 0.5) is 0 Å². The molecule has 0 spiro atoms. The Hall–Kier alpha value is -1.35. The van der Waals surface area contributed by atoms with Crippen LogP contribution < -0.4 is 10.6 Å². The number of aliphatic imine (C=N–C) groups is 1. The van der Waals surface area contributed by atoms with E-state index in [9.17, 15) is 4.79 Å². The van der Waals surface area contributed by atoms with E-state index in [0.717, 1.165) is 13.0 Å².